The van der Waals surface area contributed by atoms with Gasteiger partial charge in [0.05, 0.1) is 6.33 Å². The second kappa shape index (κ2) is 7.17. The quantitative estimate of drug-likeness (QED) is 0.872. The first-order valence-corrected chi connectivity index (χ1v) is 8.30. The molecule has 124 valence electrons. The number of carbonyl (C=O) groups is 1. The van der Waals surface area contributed by atoms with Crippen LogP contribution in [0.4, 0.5) is 4.79 Å². The van der Waals surface area contributed by atoms with Gasteiger partial charge in [-0.1, -0.05) is 15.9 Å². The molecule has 2 rings (SSSR count). The van der Waals surface area contributed by atoms with Gasteiger partial charge >= 0.3 is 6.09 Å². The van der Waals surface area contributed by atoms with E-state index in [1.165, 1.54) is 0 Å². The van der Waals surface area contributed by atoms with Crippen molar-refractivity contribution in [2.45, 2.75) is 39.7 Å². The normalized spacial score (nSPS) is 11.3. The van der Waals surface area contributed by atoms with Gasteiger partial charge in [0.1, 0.15) is 5.60 Å². The Labute approximate surface area is 145 Å². The molecule has 0 unspecified atom stereocenters. The summed E-state index contributed by atoms with van der Waals surface area (Å²) in [7, 11) is 0. The third-order valence-corrected chi connectivity index (χ3v) is 4.07. The summed E-state index contributed by atoms with van der Waals surface area (Å²) in [6.45, 7) is 8.08. The zero-order chi connectivity index (χ0) is 17.0. The van der Waals surface area contributed by atoms with Crippen LogP contribution in [0.2, 0.25) is 0 Å². The van der Waals surface area contributed by atoms with E-state index in [0.717, 1.165) is 21.4 Å². The molecular formula is C17H22BrN3O2. The van der Waals surface area contributed by atoms with Crippen LogP contribution < -0.4 is 5.32 Å². The van der Waals surface area contributed by atoms with Crippen molar-refractivity contribution in [1.29, 1.82) is 0 Å². The maximum atomic E-state index is 11.7. The Kier molecular flexibility index (Phi) is 5.46. The molecule has 1 N–H and O–H groups in total. The number of hydrogen-bond donors (Lipinski definition) is 1. The van der Waals surface area contributed by atoms with E-state index in [9.17, 15) is 4.79 Å². The molecule has 0 atom stereocenters. The molecule has 5 nitrogen and oxygen atoms in total. The second-order valence-electron chi connectivity index (χ2n) is 6.37. The van der Waals surface area contributed by atoms with Crippen molar-refractivity contribution in [1.82, 2.24) is 14.9 Å². The van der Waals surface area contributed by atoms with Gasteiger partial charge in [0.15, 0.2) is 0 Å². The molecule has 23 heavy (non-hydrogen) atoms. The van der Waals surface area contributed by atoms with Crippen molar-refractivity contribution in [3.8, 4) is 5.69 Å². The fourth-order valence-electron chi connectivity index (χ4n) is 2.13. The second-order valence-corrected chi connectivity index (χ2v) is 7.22. The van der Waals surface area contributed by atoms with Crippen LogP contribution in [0.1, 0.15) is 32.0 Å². The van der Waals surface area contributed by atoms with Crippen LogP contribution in [0.5, 0.6) is 0 Å². The van der Waals surface area contributed by atoms with Gasteiger partial charge in [-0.2, -0.15) is 0 Å². The highest BCUT2D eigenvalue weighted by Crippen LogP contribution is 2.20. The average Bonchev–Trinajstić information content (AvgIpc) is 2.88. The summed E-state index contributed by atoms with van der Waals surface area (Å²) in [5.74, 6) is 0. The van der Waals surface area contributed by atoms with Crippen molar-refractivity contribution in [3.63, 3.8) is 0 Å². The highest BCUT2D eigenvalue weighted by atomic mass is 79.9. The van der Waals surface area contributed by atoms with E-state index in [-0.39, 0.29) is 0 Å². The summed E-state index contributed by atoms with van der Waals surface area (Å²) in [5.41, 5.74) is 2.76. The number of alkyl carbamates (subject to hydrolysis) is 1. The van der Waals surface area contributed by atoms with Crippen LogP contribution in [0.3, 0.4) is 0 Å². The standard InChI is InChI=1S/C17H22BrN3O2/c1-12-9-13(5-6-15(12)18)21-11-19-10-14(21)7-8-20-16(22)23-17(2,3)4/h5-6,9-11H,7-8H2,1-4H3,(H,20,22). The lowest BCUT2D eigenvalue weighted by molar-refractivity contribution is 0.0528. The number of ether oxygens (including phenoxy) is 1. The minimum absolute atomic E-state index is 0.400. The SMILES string of the molecule is Cc1cc(-n2cncc2CCNC(=O)OC(C)(C)C)ccc1Br. The van der Waals surface area contributed by atoms with E-state index < -0.39 is 11.7 Å². The number of nitrogens with one attached hydrogen (secondary N) is 1. The van der Waals surface area contributed by atoms with Crippen LogP contribution >= 0.6 is 15.9 Å². The number of rotatable bonds is 4. The molecular weight excluding hydrogens is 358 g/mol. The summed E-state index contributed by atoms with van der Waals surface area (Å²) in [6.07, 6.45) is 3.87. The molecule has 0 saturated heterocycles. The third kappa shape index (κ3) is 5.10. The van der Waals surface area contributed by atoms with E-state index in [1.54, 1.807) is 6.33 Å². The lowest BCUT2D eigenvalue weighted by Crippen LogP contribution is -2.33. The molecule has 2 aromatic rings. The average molecular weight is 380 g/mol. The zero-order valence-corrected chi connectivity index (χ0v) is 15.5. The first-order valence-electron chi connectivity index (χ1n) is 7.51. The van der Waals surface area contributed by atoms with Crippen molar-refractivity contribution in [3.05, 3.63) is 46.5 Å². The van der Waals surface area contributed by atoms with Gasteiger partial charge in [-0.3, -0.25) is 0 Å². The Morgan fingerprint density at radius 3 is 2.78 bits per heavy atom. The first kappa shape index (κ1) is 17.5. The summed E-state index contributed by atoms with van der Waals surface area (Å²) in [5, 5.41) is 2.77. The molecule has 1 heterocycles. The summed E-state index contributed by atoms with van der Waals surface area (Å²) < 4.78 is 8.33. The fraction of sp³-hybridized carbons (Fsp3) is 0.412. The molecule has 6 heteroatoms. The number of aromatic nitrogens is 2. The molecule has 0 aliphatic heterocycles. The summed E-state index contributed by atoms with van der Waals surface area (Å²) in [4.78, 5) is 15.9. The molecule has 0 radical (unpaired) electrons. The van der Waals surface area contributed by atoms with E-state index in [2.05, 4.69) is 32.3 Å². The lowest BCUT2D eigenvalue weighted by Gasteiger charge is -2.19. The topological polar surface area (TPSA) is 56.2 Å². The van der Waals surface area contributed by atoms with E-state index in [1.807, 2.05) is 50.6 Å². The van der Waals surface area contributed by atoms with Crippen LogP contribution in [0.25, 0.3) is 5.69 Å². The van der Waals surface area contributed by atoms with Crippen molar-refractivity contribution >= 4 is 22.0 Å². The Morgan fingerprint density at radius 2 is 2.13 bits per heavy atom. The number of nitrogens with zero attached hydrogens (tertiary/aromatic N) is 2. The van der Waals surface area contributed by atoms with Gasteiger partial charge < -0.3 is 14.6 Å². The molecule has 0 aliphatic rings. The summed E-state index contributed by atoms with van der Waals surface area (Å²) >= 11 is 3.51. The number of hydrogen-bond acceptors (Lipinski definition) is 3. The predicted molar refractivity (Wildman–Crippen MR) is 93.9 cm³/mol. The largest absolute Gasteiger partial charge is 0.444 e. The predicted octanol–water partition coefficient (Wildman–Crippen LogP) is 4.01. The number of benzene rings is 1. The molecule has 0 aliphatic carbocycles. The fourth-order valence-corrected chi connectivity index (χ4v) is 2.37. The number of imidazole rings is 1. The van der Waals surface area contributed by atoms with E-state index in [0.29, 0.717) is 13.0 Å². The van der Waals surface area contributed by atoms with Gasteiger partial charge in [0.2, 0.25) is 0 Å². The molecule has 0 spiro atoms. The first-order chi connectivity index (χ1) is 10.8. The number of amides is 1. The monoisotopic (exact) mass is 379 g/mol. The Hall–Kier alpha value is -1.82. The van der Waals surface area contributed by atoms with Gasteiger partial charge in [-0.15, -0.1) is 0 Å². The molecule has 1 aromatic heterocycles. The highest BCUT2D eigenvalue weighted by Gasteiger charge is 2.15. The Morgan fingerprint density at radius 1 is 1.39 bits per heavy atom. The van der Waals surface area contributed by atoms with Crippen LogP contribution in [0.15, 0.2) is 35.2 Å². The molecule has 1 amide bonds. The van der Waals surface area contributed by atoms with Crippen molar-refractivity contribution in [2.24, 2.45) is 0 Å². The number of aryl methyl sites for hydroxylation is 1. The Bertz CT molecular complexity index is 689. The lowest BCUT2D eigenvalue weighted by atomic mass is 10.2. The molecule has 0 saturated carbocycles. The maximum absolute atomic E-state index is 11.7. The minimum atomic E-state index is -0.485. The summed E-state index contributed by atoms with van der Waals surface area (Å²) in [6, 6.07) is 6.15. The van der Waals surface area contributed by atoms with E-state index >= 15 is 0 Å². The molecule has 0 fully saturated rings. The van der Waals surface area contributed by atoms with Gasteiger partial charge in [-0.05, 0) is 51.5 Å². The molecule has 1 aromatic carbocycles. The van der Waals surface area contributed by atoms with Crippen LogP contribution in [-0.2, 0) is 11.2 Å². The number of carbonyl (C=O) groups excluding carboxylic acids is 1. The van der Waals surface area contributed by atoms with Gasteiger partial charge in [0.25, 0.3) is 0 Å². The zero-order valence-electron chi connectivity index (χ0n) is 13.9. The van der Waals surface area contributed by atoms with Crippen molar-refractivity contribution < 1.29 is 9.53 Å². The van der Waals surface area contributed by atoms with Crippen LogP contribution in [0, 0.1) is 6.92 Å². The van der Waals surface area contributed by atoms with Crippen molar-refractivity contribution in [2.75, 3.05) is 6.54 Å². The van der Waals surface area contributed by atoms with Gasteiger partial charge in [0, 0.05) is 35.0 Å². The maximum Gasteiger partial charge on any atom is 0.407 e. The number of halogens is 1. The Balaban J connectivity index is 1.99. The smallest absolute Gasteiger partial charge is 0.407 e. The minimum Gasteiger partial charge on any atom is -0.444 e. The third-order valence-electron chi connectivity index (χ3n) is 3.18. The van der Waals surface area contributed by atoms with Crippen LogP contribution in [-0.4, -0.2) is 27.8 Å². The molecule has 0 bridgehead atoms. The van der Waals surface area contributed by atoms with Gasteiger partial charge in [-0.25, -0.2) is 9.78 Å². The highest BCUT2D eigenvalue weighted by molar-refractivity contribution is 9.10. The van der Waals surface area contributed by atoms with E-state index in [4.69, 9.17) is 4.74 Å².